The van der Waals surface area contributed by atoms with Gasteiger partial charge in [0.1, 0.15) is 17.1 Å². The first-order valence-corrected chi connectivity index (χ1v) is 44.0. The minimum Gasteiger partial charge on any atom is -0.481 e. The van der Waals surface area contributed by atoms with Gasteiger partial charge >= 0.3 is 17.9 Å². The Morgan fingerprint density at radius 1 is 0.409 bits per heavy atom. The van der Waals surface area contributed by atoms with E-state index in [-0.39, 0.29) is 174 Å². The first-order chi connectivity index (χ1) is 58.8. The molecule has 0 saturated heterocycles. The molecule has 6 aromatic rings. The van der Waals surface area contributed by atoms with Crippen molar-refractivity contribution in [1.29, 1.82) is 0 Å². The van der Waals surface area contributed by atoms with E-state index in [0.717, 1.165) is 116 Å². The van der Waals surface area contributed by atoms with Crippen molar-refractivity contribution >= 4 is 99.8 Å². The Kier molecular flexibility index (Phi) is 51.8. The van der Waals surface area contributed by atoms with Gasteiger partial charge in [-0.2, -0.15) is 0 Å². The van der Waals surface area contributed by atoms with Crippen molar-refractivity contribution in [3.63, 3.8) is 0 Å². The minimum atomic E-state index is -0.609. The predicted molar refractivity (Wildman–Crippen MR) is 469 cm³/mol. The van der Waals surface area contributed by atoms with Crippen LogP contribution in [0.15, 0.2) is 61.6 Å². The number of carboxylic acids is 1. The number of aryl methyl sites for hydroxylation is 6. The molecular weight excluding hydrogens is 1800 g/mol. The Balaban J connectivity index is 0.000000420. The van der Waals surface area contributed by atoms with Gasteiger partial charge in [0.25, 0.3) is 35.4 Å². The molecule has 35 nitrogen and oxygen atoms in total. The van der Waals surface area contributed by atoms with Crippen LogP contribution in [0, 0.1) is 23.7 Å². The molecule has 0 radical (unpaired) electrons. The molecule has 8 fully saturated rings. The van der Waals surface area contributed by atoms with E-state index >= 15 is 0 Å². The summed E-state index contributed by atoms with van der Waals surface area (Å²) in [6, 6.07) is 6.49. The number of carbonyl (C=O) groups excluding carboxylic acids is 11. The number of hydrogen-bond donors (Lipinski definition) is 12. The second-order valence-corrected chi connectivity index (χ2v) is 33.7. The number of nitrogens with two attached hydrogens (primary N) is 1. The Bertz CT molecular complexity index is 4370. The van der Waals surface area contributed by atoms with Crippen LogP contribution in [0.25, 0.3) is 0 Å². The smallest absolute Gasteiger partial charge is 0.308 e. The van der Waals surface area contributed by atoms with E-state index in [4.69, 9.17) is 10.8 Å². The van der Waals surface area contributed by atoms with Crippen molar-refractivity contribution < 1.29 is 145 Å². The zero-order valence-electron chi connectivity index (χ0n) is 75.8. The summed E-state index contributed by atoms with van der Waals surface area (Å²) in [6.45, 7) is 4.68. The Labute approximate surface area is 789 Å². The number of quaternary nitrogens is 1. The summed E-state index contributed by atoms with van der Waals surface area (Å²) in [6.07, 6.45) is 48.3. The molecule has 13 N–H and O–H groups in total. The fraction of sp³-hybridized carbons (Fsp3) is 0.625. The fourth-order valence-electron chi connectivity index (χ4n) is 16.4. The van der Waals surface area contributed by atoms with E-state index in [9.17, 15) is 57.5 Å². The predicted octanol–water partition coefficient (Wildman–Crippen LogP) is 9.63. The molecule has 127 heavy (non-hydrogen) atoms. The maximum absolute atomic E-state index is 13.0. The number of aliphatic carboxylic acids is 1. The van der Waals surface area contributed by atoms with E-state index in [0.29, 0.717) is 58.8 Å². The molecule has 6 heterocycles. The second-order valence-electron chi connectivity index (χ2n) is 33.7. The van der Waals surface area contributed by atoms with Crippen LogP contribution in [0.4, 0.5) is 28.7 Å². The number of ether oxygens (including phenoxy) is 2. The number of amides is 9. The van der Waals surface area contributed by atoms with Crippen molar-refractivity contribution in [2.45, 2.75) is 250 Å². The molecule has 8 aliphatic rings. The quantitative estimate of drug-likeness (QED) is 0.0171. The van der Waals surface area contributed by atoms with Crippen molar-refractivity contribution in [2.75, 3.05) is 68.0 Å². The molecule has 0 unspecified atom stereocenters. The van der Waals surface area contributed by atoms with Crippen molar-refractivity contribution in [1.82, 2.24) is 63.6 Å². The van der Waals surface area contributed by atoms with E-state index in [1.54, 1.807) is 128 Å². The molecule has 710 valence electrons. The molecule has 6 aromatic heterocycles. The standard InChI is InChI=1S/C28H39N9O4.C21H26N8O3.2C7H13NO.2C7H12O2.C6H10O2.C5H11N.4Fe/c1-34(2)12-8-11-29-26(39)21-13-20(16-35(21)3)31-28(41)24-32-23(17-37(24)5)33-27(40)22-14-19(15-36(22)4)30-25(38)18-9-6-7-10-18;1-27-9-8-22-17(27)20(31)24-14-10-15(28(2)11-14)19(30)26-16-12-29(3)18(25-16)21(32)23-13-6-4-5-7-13;2*1-6(9)8-7-4-2-3-5-7;2*1-9-7(8)6-4-2-3-5-6;7-6(8)5-3-1-2-4-5;6-5-3-1-2-4-5;;;;/h13-18H,6-12H2,1-5H3,(H,29,39)(H,30,38)(H,31,41)(H,33,40);8-13H,4-7H2,1-3H3,(H,23,32)(H,24,31)(H,26,30);2*7H,2-5H2,1H3,(H,8,9);2*6H,2-5H2,1H3;5H,1-4H2,(H,7,8);5H,1-4,6H2;;;;/p+1. The van der Waals surface area contributed by atoms with Crippen LogP contribution in [0.3, 0.4) is 0 Å². The maximum Gasteiger partial charge on any atom is 0.308 e. The first-order valence-electron chi connectivity index (χ1n) is 44.0. The molecule has 0 aliphatic heterocycles. The summed E-state index contributed by atoms with van der Waals surface area (Å²) in [7, 11) is 17.3. The van der Waals surface area contributed by atoms with E-state index in [1.165, 1.54) is 139 Å². The number of aromatic nitrogens is 9. The summed E-state index contributed by atoms with van der Waals surface area (Å²) in [5.41, 5.74) is 8.08. The van der Waals surface area contributed by atoms with Crippen molar-refractivity contribution in [3.8, 4) is 0 Å². The molecule has 0 spiro atoms. The van der Waals surface area contributed by atoms with E-state index < -0.39 is 23.7 Å². The van der Waals surface area contributed by atoms with Gasteiger partial charge in [0.05, 0.1) is 69.7 Å². The third-order valence-corrected chi connectivity index (χ3v) is 23.1. The summed E-state index contributed by atoms with van der Waals surface area (Å²) >= 11 is 0. The van der Waals surface area contributed by atoms with Crippen LogP contribution < -0.4 is 58.5 Å². The number of imidazole rings is 3. The second kappa shape index (κ2) is 58.6. The van der Waals surface area contributed by atoms with Crippen LogP contribution in [0.2, 0.25) is 0 Å². The number of rotatable bonds is 22. The summed E-state index contributed by atoms with van der Waals surface area (Å²) in [5, 5.41) is 33.9. The van der Waals surface area contributed by atoms with Gasteiger partial charge in [-0.1, -0.05) is 103 Å². The largest absolute Gasteiger partial charge is 0.481 e. The third kappa shape index (κ3) is 38.7. The number of anilines is 5. The summed E-state index contributed by atoms with van der Waals surface area (Å²) in [4.78, 5) is 155. The van der Waals surface area contributed by atoms with Gasteiger partial charge in [-0.15, -0.1) is 0 Å². The van der Waals surface area contributed by atoms with Gasteiger partial charge < -0.3 is 100 Å². The zero-order chi connectivity index (χ0) is 89.7. The van der Waals surface area contributed by atoms with Gasteiger partial charge in [-0.3, -0.25) is 57.5 Å². The number of carboxylic acid groups (broad SMARTS) is 1. The number of methoxy groups -OCH3 is 2. The molecule has 9 amide bonds. The van der Waals surface area contributed by atoms with E-state index in [1.807, 2.05) is 0 Å². The minimum absolute atomic E-state index is 0. The van der Waals surface area contributed by atoms with Crippen LogP contribution >= 0.6 is 0 Å². The molecular formula is C88H137Fe4N20O15+. The van der Waals surface area contributed by atoms with Crippen LogP contribution in [-0.4, -0.2) is 184 Å². The maximum atomic E-state index is 13.0. The topological polar surface area (TPSA) is 451 Å². The molecule has 8 saturated carbocycles. The third-order valence-electron chi connectivity index (χ3n) is 23.1. The molecule has 14 rings (SSSR count). The average Bonchev–Trinajstić information content (AvgIpc) is 1.68. The average molecular weight is 1940 g/mol. The van der Waals surface area contributed by atoms with E-state index in [2.05, 4.69) is 86.4 Å². The Morgan fingerprint density at radius 2 is 0.748 bits per heavy atom. The number of esters is 2. The van der Waals surface area contributed by atoms with Gasteiger partial charge in [0.2, 0.25) is 29.4 Å². The Hall–Kier alpha value is -8.89. The molecule has 0 aromatic carbocycles. The van der Waals surface area contributed by atoms with Gasteiger partial charge in [0, 0.05) is 211 Å². The SMILES string of the molecule is CC(=O)NC1CCCC1.CC(=O)NC1CCCC1.COC(=O)C1CCCC1.COC(=O)C1CCCC1.Cn1cc(NC(=O)c2nc(NC(=O)c3cc(NC(=O)C4CCCC4)cn3C)cn2C)cc1C(=O)NCCC[NH+](C)C.Cn1cc(NC(=O)c2nccn2C)cc1C(=O)Nc1cn(C)c(C(=O)NC2CCCC2)n1.NC1CCCC1.O=C(O)C1CCCC1.[Fe].[Fe].[Fe].[Fe]. The Morgan fingerprint density at radius 3 is 1.09 bits per heavy atom. The van der Waals surface area contributed by atoms with Crippen molar-refractivity contribution in [3.05, 3.63) is 96.1 Å². The molecule has 0 bridgehead atoms. The van der Waals surface area contributed by atoms with Crippen molar-refractivity contribution in [2.24, 2.45) is 71.7 Å². The molecule has 8 aliphatic carbocycles. The van der Waals surface area contributed by atoms with Crippen LogP contribution in [0.1, 0.15) is 289 Å². The monoisotopic (exact) mass is 1940 g/mol. The first kappa shape index (κ1) is 112. The van der Waals surface area contributed by atoms with Gasteiger partial charge in [-0.25, -0.2) is 15.0 Å². The zero-order valence-corrected chi connectivity index (χ0v) is 80.2. The van der Waals surface area contributed by atoms with Crippen LogP contribution in [0.5, 0.6) is 0 Å². The van der Waals surface area contributed by atoms with Gasteiger partial charge in [-0.05, 0) is 121 Å². The number of nitrogens with zero attached hydrogens (tertiary/aromatic N) is 9. The van der Waals surface area contributed by atoms with Crippen LogP contribution in [-0.2, 0) is 149 Å². The normalized spacial score (nSPS) is 16.1. The molecule has 0 atom stereocenters. The number of hydrogen-bond acceptors (Lipinski definition) is 18. The number of nitrogens with one attached hydrogen (secondary N) is 10. The summed E-state index contributed by atoms with van der Waals surface area (Å²) < 4.78 is 18.8. The van der Waals surface area contributed by atoms with Gasteiger partial charge in [0.15, 0.2) is 17.5 Å². The fourth-order valence-corrected chi connectivity index (χ4v) is 16.4. The molecule has 39 heteroatoms. The number of carbonyl (C=O) groups is 12. The summed E-state index contributed by atoms with van der Waals surface area (Å²) in [5.74, 6) is -1.13.